The fraction of sp³-hybridized carbons (Fsp3) is 1.00. The summed E-state index contributed by atoms with van der Waals surface area (Å²) in [7, 11) is 0. The Balaban J connectivity index is 1.90. The first-order chi connectivity index (χ1) is 7.68. The van der Waals surface area contributed by atoms with Crippen molar-refractivity contribution in [2.24, 2.45) is 0 Å². The van der Waals surface area contributed by atoms with Gasteiger partial charge >= 0.3 is 0 Å². The maximum absolute atomic E-state index is 3.82. The van der Waals surface area contributed by atoms with Crippen LogP contribution in [0.1, 0.15) is 52.9 Å². The second kappa shape index (κ2) is 5.74. The molecule has 0 spiro atoms. The Morgan fingerprint density at radius 1 is 1.00 bits per heavy atom. The maximum atomic E-state index is 3.82. The van der Waals surface area contributed by atoms with Crippen molar-refractivity contribution >= 4 is 11.8 Å². The van der Waals surface area contributed by atoms with Crippen LogP contribution in [-0.4, -0.2) is 34.1 Å². The second-order valence-corrected chi connectivity index (χ2v) is 6.98. The minimum Gasteiger partial charge on any atom is -0.251 e. The molecule has 0 aromatic rings. The van der Waals surface area contributed by atoms with Crippen LogP contribution in [0.15, 0.2) is 0 Å². The van der Waals surface area contributed by atoms with E-state index in [-0.39, 0.29) is 0 Å². The average Bonchev–Trinajstić information content (AvgIpc) is 2.26. The van der Waals surface area contributed by atoms with Crippen LogP contribution in [-0.2, 0) is 0 Å². The number of nitrogens with zero attached hydrogens (tertiary/aromatic N) is 1. The standard InChI is InChI=1S/C13H26N2S/c1-10-6-4-7-11(2)15(10)14-13-8-5-9-16-12(13)3/h10-14H,4-9H2,1-3H3. The zero-order valence-corrected chi connectivity index (χ0v) is 11.7. The first-order valence-electron chi connectivity index (χ1n) is 6.84. The quantitative estimate of drug-likeness (QED) is 0.801. The molecule has 1 N–H and O–H groups in total. The first kappa shape index (κ1) is 12.7. The third-order valence-electron chi connectivity index (χ3n) is 4.12. The van der Waals surface area contributed by atoms with E-state index in [1.807, 2.05) is 0 Å². The monoisotopic (exact) mass is 242 g/mol. The van der Waals surface area contributed by atoms with E-state index in [1.165, 1.54) is 37.9 Å². The molecule has 0 aromatic carbocycles. The smallest absolute Gasteiger partial charge is 0.0332 e. The molecule has 0 radical (unpaired) electrons. The van der Waals surface area contributed by atoms with E-state index >= 15 is 0 Å². The van der Waals surface area contributed by atoms with Crippen molar-refractivity contribution in [3.63, 3.8) is 0 Å². The van der Waals surface area contributed by atoms with Gasteiger partial charge in [-0.3, -0.25) is 5.43 Å². The maximum Gasteiger partial charge on any atom is 0.0332 e. The summed E-state index contributed by atoms with van der Waals surface area (Å²) in [6.45, 7) is 7.10. The van der Waals surface area contributed by atoms with Gasteiger partial charge in [0.05, 0.1) is 0 Å². The van der Waals surface area contributed by atoms with Crippen LogP contribution < -0.4 is 5.43 Å². The molecule has 94 valence electrons. The van der Waals surface area contributed by atoms with Crippen molar-refractivity contribution < 1.29 is 0 Å². The number of hydrazine groups is 1. The summed E-state index contributed by atoms with van der Waals surface area (Å²) < 4.78 is 0. The van der Waals surface area contributed by atoms with Crippen molar-refractivity contribution in [1.82, 2.24) is 10.4 Å². The van der Waals surface area contributed by atoms with Gasteiger partial charge in [-0.05, 0) is 45.3 Å². The fourth-order valence-corrected chi connectivity index (χ4v) is 4.09. The molecule has 16 heavy (non-hydrogen) atoms. The molecular weight excluding hydrogens is 216 g/mol. The third kappa shape index (κ3) is 2.93. The molecule has 4 atom stereocenters. The number of hydrogen-bond acceptors (Lipinski definition) is 3. The Morgan fingerprint density at radius 2 is 1.69 bits per heavy atom. The molecule has 0 aromatic heterocycles. The van der Waals surface area contributed by atoms with Gasteiger partial charge in [-0.15, -0.1) is 0 Å². The highest BCUT2D eigenvalue weighted by molar-refractivity contribution is 7.99. The Labute approximate surface area is 105 Å². The average molecular weight is 242 g/mol. The molecule has 3 heteroatoms. The van der Waals surface area contributed by atoms with Gasteiger partial charge in [-0.1, -0.05) is 13.3 Å². The highest BCUT2D eigenvalue weighted by Crippen LogP contribution is 2.27. The highest BCUT2D eigenvalue weighted by Gasteiger charge is 2.29. The second-order valence-electron chi connectivity index (χ2n) is 5.49. The van der Waals surface area contributed by atoms with Crippen molar-refractivity contribution in [3.05, 3.63) is 0 Å². The van der Waals surface area contributed by atoms with Crippen molar-refractivity contribution in [3.8, 4) is 0 Å². The van der Waals surface area contributed by atoms with Gasteiger partial charge in [-0.25, -0.2) is 5.01 Å². The van der Waals surface area contributed by atoms with Gasteiger partial charge in [0.25, 0.3) is 0 Å². The van der Waals surface area contributed by atoms with Gasteiger partial charge in [0.1, 0.15) is 0 Å². The van der Waals surface area contributed by atoms with E-state index in [0.717, 1.165) is 5.25 Å². The summed E-state index contributed by atoms with van der Waals surface area (Å²) in [4.78, 5) is 0. The predicted molar refractivity (Wildman–Crippen MR) is 72.7 cm³/mol. The lowest BCUT2D eigenvalue weighted by Gasteiger charge is -2.43. The number of nitrogens with one attached hydrogen (secondary N) is 1. The minimum atomic E-state index is 0.696. The molecule has 2 heterocycles. The number of piperidine rings is 1. The molecule has 2 aliphatic rings. The highest BCUT2D eigenvalue weighted by atomic mass is 32.2. The molecule has 0 bridgehead atoms. The van der Waals surface area contributed by atoms with Gasteiger partial charge in [0, 0.05) is 23.4 Å². The van der Waals surface area contributed by atoms with Gasteiger partial charge in [-0.2, -0.15) is 11.8 Å². The summed E-state index contributed by atoms with van der Waals surface area (Å²) in [6.07, 6.45) is 6.83. The number of hydrogen-bond donors (Lipinski definition) is 1. The topological polar surface area (TPSA) is 15.3 Å². The van der Waals surface area contributed by atoms with E-state index in [0.29, 0.717) is 18.1 Å². The summed E-state index contributed by atoms with van der Waals surface area (Å²) in [5.41, 5.74) is 3.82. The molecule has 2 saturated heterocycles. The number of thioether (sulfide) groups is 1. The van der Waals surface area contributed by atoms with E-state index in [2.05, 4.69) is 43.0 Å². The van der Waals surface area contributed by atoms with Crippen LogP contribution >= 0.6 is 11.8 Å². The number of rotatable bonds is 2. The molecule has 2 nitrogen and oxygen atoms in total. The van der Waals surface area contributed by atoms with Crippen LogP contribution in [0.5, 0.6) is 0 Å². The zero-order chi connectivity index (χ0) is 11.5. The van der Waals surface area contributed by atoms with Crippen LogP contribution in [0.25, 0.3) is 0 Å². The Bertz CT molecular complexity index is 212. The Kier molecular flexibility index (Phi) is 4.57. The molecule has 0 amide bonds. The largest absolute Gasteiger partial charge is 0.251 e. The minimum absolute atomic E-state index is 0.696. The lowest BCUT2D eigenvalue weighted by molar-refractivity contribution is 0.0276. The van der Waals surface area contributed by atoms with E-state index < -0.39 is 0 Å². The third-order valence-corrected chi connectivity index (χ3v) is 5.49. The molecular formula is C13H26N2S. The van der Waals surface area contributed by atoms with E-state index in [9.17, 15) is 0 Å². The molecule has 0 aliphatic carbocycles. The van der Waals surface area contributed by atoms with Crippen LogP contribution in [0, 0.1) is 0 Å². The SMILES string of the molecule is CC1SCCCC1NN1C(C)CCCC1C. The molecule has 2 rings (SSSR count). The molecule has 2 aliphatic heterocycles. The van der Waals surface area contributed by atoms with Crippen molar-refractivity contribution in [2.75, 3.05) is 5.75 Å². The summed E-state index contributed by atoms with van der Waals surface area (Å²) in [5.74, 6) is 1.35. The normalized spacial score (nSPS) is 42.2. The lowest BCUT2D eigenvalue weighted by atomic mass is 9.99. The van der Waals surface area contributed by atoms with Gasteiger partial charge < -0.3 is 0 Å². The molecule has 4 unspecified atom stereocenters. The van der Waals surface area contributed by atoms with Crippen LogP contribution in [0.2, 0.25) is 0 Å². The van der Waals surface area contributed by atoms with Gasteiger partial charge in [0.2, 0.25) is 0 Å². The van der Waals surface area contributed by atoms with Crippen LogP contribution in [0.4, 0.5) is 0 Å². The van der Waals surface area contributed by atoms with E-state index in [1.54, 1.807) is 0 Å². The molecule has 0 saturated carbocycles. The summed E-state index contributed by atoms with van der Waals surface area (Å²) in [6, 6.07) is 2.12. The summed E-state index contributed by atoms with van der Waals surface area (Å²) >= 11 is 2.13. The van der Waals surface area contributed by atoms with Crippen molar-refractivity contribution in [1.29, 1.82) is 0 Å². The fourth-order valence-electron chi connectivity index (χ4n) is 2.96. The lowest BCUT2D eigenvalue weighted by Crippen LogP contribution is -2.57. The van der Waals surface area contributed by atoms with E-state index in [4.69, 9.17) is 0 Å². The summed E-state index contributed by atoms with van der Waals surface area (Å²) in [5, 5.41) is 3.31. The predicted octanol–water partition coefficient (Wildman–Crippen LogP) is 3.04. The van der Waals surface area contributed by atoms with Gasteiger partial charge in [0.15, 0.2) is 0 Å². The zero-order valence-electron chi connectivity index (χ0n) is 10.9. The Morgan fingerprint density at radius 3 is 2.31 bits per heavy atom. The molecule has 2 fully saturated rings. The Hall–Kier alpha value is 0.270. The first-order valence-corrected chi connectivity index (χ1v) is 7.89. The van der Waals surface area contributed by atoms with Crippen LogP contribution in [0.3, 0.4) is 0 Å². The van der Waals surface area contributed by atoms with Crippen molar-refractivity contribution in [2.45, 2.75) is 76.3 Å².